The third-order valence-electron chi connectivity index (χ3n) is 7.55. The molecule has 0 saturated heterocycles. The Balaban J connectivity index is 0.000000285. The molecule has 2 aliphatic carbocycles. The Morgan fingerprint density at radius 1 is 0.553 bits per heavy atom. The molecule has 0 radical (unpaired) electrons. The first-order valence-electron chi connectivity index (χ1n) is 12.0. The van der Waals surface area contributed by atoms with Crippen LogP contribution in [0.5, 0.6) is 0 Å². The second kappa shape index (κ2) is 10.6. The number of rotatable bonds is 0. The van der Waals surface area contributed by atoms with E-state index < -0.39 is 0 Å². The lowest BCUT2D eigenvalue weighted by Crippen LogP contribution is -2.04. The van der Waals surface area contributed by atoms with Crippen LogP contribution in [0.2, 0.25) is 0 Å². The Labute approximate surface area is 272 Å². The maximum absolute atomic E-state index is 5.16. The molecule has 2 nitrogen and oxygen atoms in total. The van der Waals surface area contributed by atoms with E-state index in [9.17, 15) is 0 Å². The molecule has 0 unspecified atom stereocenters. The van der Waals surface area contributed by atoms with Crippen molar-refractivity contribution in [2.75, 3.05) is 0 Å². The minimum atomic E-state index is 0.164. The lowest BCUT2D eigenvalue weighted by atomic mass is 9.97. The van der Waals surface area contributed by atoms with E-state index in [0.29, 0.717) is 0 Å². The zero-order chi connectivity index (χ0) is 26.9. The minimum absolute atomic E-state index is 0.164. The fraction of sp³-hybridized carbons (Fsp3) is 0.200. The van der Waals surface area contributed by atoms with Gasteiger partial charge >= 0.3 is 0 Å². The van der Waals surface area contributed by atoms with Gasteiger partial charge in [-0.3, -0.25) is 9.97 Å². The van der Waals surface area contributed by atoms with Crippen LogP contribution >= 0.6 is 95.6 Å². The lowest BCUT2D eigenvalue weighted by molar-refractivity contribution is 0.609. The summed E-state index contributed by atoms with van der Waals surface area (Å²) in [4.78, 5) is 10.7. The molecule has 38 heavy (non-hydrogen) atoms. The maximum Gasteiger partial charge on any atom is 0.0858 e. The Kier molecular flexibility index (Phi) is 7.71. The third kappa shape index (κ3) is 4.50. The summed E-state index contributed by atoms with van der Waals surface area (Å²) in [5, 5.41) is 2.24. The van der Waals surface area contributed by atoms with E-state index in [1.54, 1.807) is 0 Å². The Morgan fingerprint density at radius 3 is 1.29 bits per heavy atom. The first-order valence-corrected chi connectivity index (χ1v) is 17.0. The molecule has 0 saturated carbocycles. The van der Waals surface area contributed by atoms with Gasteiger partial charge in [-0.05, 0) is 104 Å². The molecule has 0 fully saturated rings. The first kappa shape index (κ1) is 27.5. The Bertz CT molecular complexity index is 1620. The zero-order valence-electron chi connectivity index (χ0n) is 20.2. The fourth-order valence-corrected chi connectivity index (χ4v) is 9.08. The monoisotopic (exact) mass is 882 g/mol. The highest BCUT2D eigenvalue weighted by atomic mass is 79.9. The van der Waals surface area contributed by atoms with Crippen molar-refractivity contribution in [3.05, 3.63) is 112 Å². The number of halogens is 6. The van der Waals surface area contributed by atoms with Crippen molar-refractivity contribution < 1.29 is 0 Å². The van der Waals surface area contributed by atoms with Crippen LogP contribution in [-0.2, 0) is 0 Å². The van der Waals surface area contributed by atoms with Gasteiger partial charge in [0.2, 0.25) is 0 Å². The molecule has 0 aliphatic heterocycles. The van der Waals surface area contributed by atoms with E-state index in [2.05, 4.69) is 158 Å². The van der Waals surface area contributed by atoms with Crippen molar-refractivity contribution in [2.45, 2.75) is 35.3 Å². The van der Waals surface area contributed by atoms with Crippen molar-refractivity contribution in [1.82, 2.24) is 9.97 Å². The van der Waals surface area contributed by atoms with E-state index in [4.69, 9.17) is 9.97 Å². The molecule has 4 atom stereocenters. The number of aromatic nitrogens is 2. The van der Waals surface area contributed by atoms with Gasteiger partial charge in [-0.1, -0.05) is 88.0 Å². The largest absolute Gasteiger partial charge is 0.251 e. The molecule has 8 heteroatoms. The summed E-state index contributed by atoms with van der Waals surface area (Å²) in [6.07, 6.45) is 0. The van der Waals surface area contributed by atoms with Gasteiger partial charge in [-0.15, -0.1) is 0 Å². The van der Waals surface area contributed by atoms with Crippen LogP contribution in [0.4, 0.5) is 0 Å². The van der Waals surface area contributed by atoms with Crippen molar-refractivity contribution in [3.8, 4) is 0 Å². The van der Waals surface area contributed by atoms with Crippen LogP contribution in [0.1, 0.15) is 55.1 Å². The first-order chi connectivity index (χ1) is 18.2. The second-order valence-corrected chi connectivity index (χ2v) is 15.1. The normalized spacial score (nSPS) is 21.2. The van der Waals surface area contributed by atoms with Gasteiger partial charge < -0.3 is 0 Å². The molecule has 0 spiro atoms. The highest BCUT2D eigenvalue weighted by Crippen LogP contribution is 2.66. The minimum Gasteiger partial charge on any atom is -0.251 e. The van der Waals surface area contributed by atoms with Gasteiger partial charge in [-0.2, -0.15) is 0 Å². The number of hydrogen-bond donors (Lipinski definition) is 0. The van der Waals surface area contributed by atoms with E-state index in [0.717, 1.165) is 51.1 Å². The van der Waals surface area contributed by atoms with Crippen LogP contribution in [0.25, 0.3) is 21.8 Å². The van der Waals surface area contributed by atoms with Gasteiger partial charge in [0.05, 0.1) is 32.1 Å². The van der Waals surface area contributed by atoms with Crippen molar-refractivity contribution in [2.24, 2.45) is 0 Å². The average molecular weight is 888 g/mol. The maximum atomic E-state index is 5.16. The molecule has 2 aliphatic rings. The predicted octanol–water partition coefficient (Wildman–Crippen LogP) is 11.9. The molecule has 2 aromatic heterocycles. The van der Waals surface area contributed by atoms with E-state index in [1.807, 2.05) is 12.1 Å². The highest BCUT2D eigenvalue weighted by Gasteiger charge is 2.52. The van der Waals surface area contributed by atoms with Crippen LogP contribution in [0, 0.1) is 13.8 Å². The molecule has 7 rings (SSSR count). The van der Waals surface area contributed by atoms with Crippen molar-refractivity contribution in [1.29, 1.82) is 0 Å². The Hall–Kier alpha value is -0.640. The summed E-state index contributed by atoms with van der Waals surface area (Å²) < 4.78 is 4.13. The molecule has 3 aromatic carbocycles. The molecular weight excluding hydrogens is 868 g/mol. The summed E-state index contributed by atoms with van der Waals surface area (Å²) in [6.45, 7) is 4.24. The molecule has 0 N–H and O–H groups in total. The van der Waals surface area contributed by atoms with Gasteiger partial charge in [-0.25, -0.2) is 0 Å². The molecule has 5 aromatic rings. The molecule has 0 bridgehead atoms. The quantitative estimate of drug-likeness (QED) is 0.145. The van der Waals surface area contributed by atoms with E-state index >= 15 is 0 Å². The van der Waals surface area contributed by atoms with Gasteiger partial charge in [0.15, 0.2) is 0 Å². The average Bonchev–Trinajstić information content (AvgIpc) is 3.36. The number of pyridine rings is 2. The number of fused-ring (bicyclic) bond motifs is 7. The number of nitrogens with zero attached hydrogens (tertiary/aromatic N) is 2. The number of aryl methyl sites for hydroxylation is 2. The third-order valence-corrected chi connectivity index (χ3v) is 12.3. The highest BCUT2D eigenvalue weighted by molar-refractivity contribution is 9.11. The number of benzene rings is 3. The summed E-state index contributed by atoms with van der Waals surface area (Å²) in [6, 6.07) is 21.1. The van der Waals surface area contributed by atoms with Crippen molar-refractivity contribution in [3.63, 3.8) is 0 Å². The van der Waals surface area contributed by atoms with Gasteiger partial charge in [0.25, 0.3) is 0 Å². The van der Waals surface area contributed by atoms with Gasteiger partial charge in [0, 0.05) is 40.5 Å². The van der Waals surface area contributed by atoms with Gasteiger partial charge in [0.1, 0.15) is 0 Å². The fourth-order valence-electron chi connectivity index (χ4n) is 5.45. The summed E-state index contributed by atoms with van der Waals surface area (Å²) in [7, 11) is 0. The van der Waals surface area contributed by atoms with Crippen LogP contribution < -0.4 is 0 Å². The van der Waals surface area contributed by atoms with Crippen molar-refractivity contribution >= 4 is 117 Å². The zero-order valence-corrected chi connectivity index (χ0v) is 29.8. The number of hydrogen-bond acceptors (Lipinski definition) is 2. The summed E-state index contributed by atoms with van der Waals surface area (Å²) in [5.74, 6) is 0.466. The molecular formula is C30H20Br6N2. The Morgan fingerprint density at radius 2 is 0.921 bits per heavy atom. The van der Waals surface area contributed by atoms with E-state index in [1.165, 1.54) is 22.3 Å². The summed E-state index contributed by atoms with van der Waals surface area (Å²) >= 11 is 22.8. The topological polar surface area (TPSA) is 25.8 Å². The lowest BCUT2D eigenvalue weighted by Gasteiger charge is -2.15. The van der Waals surface area contributed by atoms with E-state index in [-0.39, 0.29) is 21.5 Å². The smallest absolute Gasteiger partial charge is 0.0858 e. The van der Waals surface area contributed by atoms with Crippen LogP contribution in [0.15, 0.2) is 78.6 Å². The standard InChI is InChI=1S/C22H10Br6N2.C8H10/c23-11-1-3-13(25)19-7(11)5-9-17(27)15-16(21(9)29-19)18(28)10-6-8-12(24)2-4-14(26)20(8)30-22(10)15;1-7-5-3-4-6-8(7)2/h1-6,15-18H;3-6H,1-2H3/t15-,16-,17-,18-;/m1./s1. The molecule has 192 valence electrons. The van der Waals surface area contributed by atoms with Crippen LogP contribution in [0.3, 0.4) is 0 Å². The second-order valence-electron chi connectivity index (χ2n) is 9.72. The molecule has 2 heterocycles. The number of alkyl halides is 2. The predicted molar refractivity (Wildman–Crippen MR) is 179 cm³/mol. The van der Waals surface area contributed by atoms with Crippen LogP contribution in [-0.4, -0.2) is 9.97 Å². The molecule has 0 amide bonds. The SMILES string of the molecule is Brc1ccc(Br)c2nc3c(cc12)[C@@H](Br)[C@@H]1c2nc4c(Br)ccc(Br)c4cc2[C@@H](Br)[C@H]31.Cc1ccccc1C. The summed E-state index contributed by atoms with van der Waals surface area (Å²) in [5.41, 5.74) is 9.51.